The minimum atomic E-state index is -2.86. The van der Waals surface area contributed by atoms with Crippen molar-refractivity contribution < 1.29 is 18.6 Å². The molecule has 1 fully saturated rings. The van der Waals surface area contributed by atoms with E-state index >= 15 is 0 Å². The summed E-state index contributed by atoms with van der Waals surface area (Å²) in [6.07, 6.45) is 0.298. The molecule has 4 nitrogen and oxygen atoms in total. The number of halogens is 2. The maximum atomic E-state index is 12.2. The zero-order chi connectivity index (χ0) is 16.1. The summed E-state index contributed by atoms with van der Waals surface area (Å²) < 4.78 is 28.8. The number of ether oxygens (including phenoxy) is 1. The highest BCUT2D eigenvalue weighted by Crippen LogP contribution is 2.21. The highest BCUT2D eigenvalue weighted by Gasteiger charge is 2.24. The summed E-state index contributed by atoms with van der Waals surface area (Å²) in [7, 11) is 2.11. The second kappa shape index (κ2) is 7.85. The molecule has 3 unspecified atom stereocenters. The van der Waals surface area contributed by atoms with Crippen molar-refractivity contribution in [3.63, 3.8) is 0 Å². The van der Waals surface area contributed by atoms with Gasteiger partial charge in [-0.3, -0.25) is 0 Å². The van der Waals surface area contributed by atoms with Crippen LogP contribution in [0.15, 0.2) is 24.3 Å². The molecule has 2 N–H and O–H groups in total. The Hall–Kier alpha value is -1.24. The number of aliphatic hydroxyl groups is 1. The molecule has 1 heterocycles. The van der Waals surface area contributed by atoms with E-state index in [2.05, 4.69) is 28.9 Å². The summed E-state index contributed by atoms with van der Waals surface area (Å²) in [5.41, 5.74) is 0.575. The summed E-state index contributed by atoms with van der Waals surface area (Å²) in [4.78, 5) is 2.30. The van der Waals surface area contributed by atoms with E-state index in [4.69, 9.17) is 0 Å². The van der Waals surface area contributed by atoms with Crippen LogP contribution in [0.3, 0.4) is 0 Å². The molecule has 1 saturated heterocycles. The van der Waals surface area contributed by atoms with Gasteiger partial charge in [0.2, 0.25) is 0 Å². The lowest BCUT2D eigenvalue weighted by Gasteiger charge is -2.35. The number of benzene rings is 1. The molecule has 0 bridgehead atoms. The first-order valence-corrected chi connectivity index (χ1v) is 7.60. The third-order valence-electron chi connectivity index (χ3n) is 4.15. The van der Waals surface area contributed by atoms with Gasteiger partial charge in [0.05, 0.1) is 6.10 Å². The van der Waals surface area contributed by atoms with Gasteiger partial charge >= 0.3 is 6.61 Å². The van der Waals surface area contributed by atoms with Gasteiger partial charge in [-0.2, -0.15) is 8.78 Å². The van der Waals surface area contributed by atoms with E-state index in [0.29, 0.717) is 24.1 Å². The van der Waals surface area contributed by atoms with Gasteiger partial charge in [0.1, 0.15) is 5.75 Å². The molecular formula is C16H24F2N2O2. The third kappa shape index (κ3) is 4.90. The largest absolute Gasteiger partial charge is 0.435 e. The van der Waals surface area contributed by atoms with Crippen LogP contribution in [0.25, 0.3) is 0 Å². The topological polar surface area (TPSA) is 44.7 Å². The smallest absolute Gasteiger partial charge is 0.387 e. The van der Waals surface area contributed by atoms with Gasteiger partial charge in [-0.05, 0) is 43.6 Å². The molecule has 22 heavy (non-hydrogen) atoms. The number of nitrogens with one attached hydrogen (secondary N) is 1. The third-order valence-corrected chi connectivity index (χ3v) is 4.15. The van der Waals surface area contributed by atoms with E-state index in [0.717, 1.165) is 19.5 Å². The Morgan fingerprint density at radius 3 is 2.91 bits per heavy atom. The van der Waals surface area contributed by atoms with Gasteiger partial charge in [0.15, 0.2) is 0 Å². The second-order valence-electron chi connectivity index (χ2n) is 6.01. The van der Waals surface area contributed by atoms with Crippen LogP contribution in [0.4, 0.5) is 8.78 Å². The zero-order valence-electron chi connectivity index (χ0n) is 13.0. The Morgan fingerprint density at radius 1 is 1.45 bits per heavy atom. The Bertz CT molecular complexity index is 473. The summed E-state index contributed by atoms with van der Waals surface area (Å²) in [6.45, 7) is 1.81. The molecule has 0 amide bonds. The average Bonchev–Trinajstić information content (AvgIpc) is 2.45. The minimum absolute atomic E-state index is 0.0687. The Kier molecular flexibility index (Phi) is 6.11. The van der Waals surface area contributed by atoms with Crippen LogP contribution >= 0.6 is 0 Å². The monoisotopic (exact) mass is 314 g/mol. The molecule has 1 aromatic carbocycles. The normalized spacial score (nSPS) is 24.5. The summed E-state index contributed by atoms with van der Waals surface area (Å²) >= 11 is 0. The molecule has 6 heteroatoms. The summed E-state index contributed by atoms with van der Waals surface area (Å²) in [5.74, 6) is 0.582. The minimum Gasteiger partial charge on any atom is -0.435 e. The van der Waals surface area contributed by atoms with Gasteiger partial charge in [-0.1, -0.05) is 19.1 Å². The highest BCUT2D eigenvalue weighted by molar-refractivity contribution is 5.30. The van der Waals surface area contributed by atoms with E-state index in [9.17, 15) is 13.9 Å². The van der Waals surface area contributed by atoms with Crippen LogP contribution < -0.4 is 10.1 Å². The molecule has 2 rings (SSSR count). The first-order chi connectivity index (χ1) is 10.5. The Morgan fingerprint density at radius 2 is 2.23 bits per heavy atom. The molecule has 0 saturated carbocycles. The Balaban J connectivity index is 1.88. The van der Waals surface area contributed by atoms with Crippen molar-refractivity contribution in [2.45, 2.75) is 32.1 Å². The SMILES string of the molecule is CC1CN(C)CCC1NCC(O)c1cccc(OC(F)F)c1. The predicted octanol–water partition coefficient (Wildman–Crippen LogP) is 2.25. The molecule has 3 atom stereocenters. The van der Waals surface area contributed by atoms with Crippen LogP contribution in [0.2, 0.25) is 0 Å². The van der Waals surface area contributed by atoms with Crippen molar-refractivity contribution in [1.29, 1.82) is 0 Å². The number of aliphatic hydroxyl groups excluding tert-OH is 1. The first kappa shape index (κ1) is 17.1. The van der Waals surface area contributed by atoms with Crippen LogP contribution in [-0.4, -0.2) is 49.3 Å². The molecule has 0 aliphatic carbocycles. The number of nitrogens with zero attached hydrogens (tertiary/aromatic N) is 1. The molecule has 1 aliphatic heterocycles. The van der Waals surface area contributed by atoms with E-state index in [1.807, 2.05) is 0 Å². The number of hydrogen-bond acceptors (Lipinski definition) is 4. The van der Waals surface area contributed by atoms with Crippen LogP contribution in [-0.2, 0) is 0 Å². The van der Waals surface area contributed by atoms with Gasteiger partial charge in [0.25, 0.3) is 0 Å². The fourth-order valence-corrected chi connectivity index (χ4v) is 2.94. The van der Waals surface area contributed by atoms with Crippen molar-refractivity contribution in [2.75, 3.05) is 26.7 Å². The number of rotatable bonds is 6. The molecule has 0 aromatic heterocycles. The lowest BCUT2D eigenvalue weighted by atomic mass is 9.94. The summed E-state index contributed by atoms with van der Waals surface area (Å²) in [6, 6.07) is 6.59. The van der Waals surface area contributed by atoms with Crippen molar-refractivity contribution in [2.24, 2.45) is 5.92 Å². The fourth-order valence-electron chi connectivity index (χ4n) is 2.94. The predicted molar refractivity (Wildman–Crippen MR) is 81.1 cm³/mol. The highest BCUT2D eigenvalue weighted by atomic mass is 19.3. The average molecular weight is 314 g/mol. The van der Waals surface area contributed by atoms with E-state index < -0.39 is 12.7 Å². The van der Waals surface area contributed by atoms with Gasteiger partial charge in [-0.15, -0.1) is 0 Å². The number of likely N-dealkylation sites (tertiary alicyclic amines) is 1. The first-order valence-electron chi connectivity index (χ1n) is 7.60. The molecule has 1 aromatic rings. The lowest BCUT2D eigenvalue weighted by Crippen LogP contribution is -2.47. The van der Waals surface area contributed by atoms with E-state index in [-0.39, 0.29) is 5.75 Å². The number of piperidine rings is 1. The maximum Gasteiger partial charge on any atom is 0.387 e. The van der Waals surface area contributed by atoms with Crippen LogP contribution in [0.5, 0.6) is 5.75 Å². The van der Waals surface area contributed by atoms with Crippen molar-refractivity contribution in [1.82, 2.24) is 10.2 Å². The number of alkyl halides is 2. The summed E-state index contributed by atoms with van der Waals surface area (Å²) in [5, 5.41) is 13.6. The molecule has 1 aliphatic rings. The van der Waals surface area contributed by atoms with Crippen LogP contribution in [0.1, 0.15) is 25.0 Å². The zero-order valence-corrected chi connectivity index (χ0v) is 13.0. The molecule has 0 radical (unpaired) electrons. The maximum absolute atomic E-state index is 12.2. The standard InChI is InChI=1S/C16H24F2N2O2/c1-11-10-20(2)7-6-14(11)19-9-15(21)12-4-3-5-13(8-12)22-16(17)18/h3-5,8,11,14-16,19,21H,6-7,9-10H2,1-2H3. The number of hydrogen-bond donors (Lipinski definition) is 2. The second-order valence-corrected chi connectivity index (χ2v) is 6.01. The van der Waals surface area contributed by atoms with Crippen LogP contribution in [0, 0.1) is 5.92 Å². The van der Waals surface area contributed by atoms with Crippen molar-refractivity contribution in [3.05, 3.63) is 29.8 Å². The van der Waals surface area contributed by atoms with Crippen molar-refractivity contribution >= 4 is 0 Å². The van der Waals surface area contributed by atoms with Crippen molar-refractivity contribution in [3.8, 4) is 5.75 Å². The lowest BCUT2D eigenvalue weighted by molar-refractivity contribution is -0.0499. The van der Waals surface area contributed by atoms with Gasteiger partial charge in [-0.25, -0.2) is 0 Å². The van der Waals surface area contributed by atoms with E-state index in [1.54, 1.807) is 12.1 Å². The van der Waals surface area contributed by atoms with E-state index in [1.165, 1.54) is 12.1 Å². The van der Waals surface area contributed by atoms with Gasteiger partial charge in [0, 0.05) is 19.1 Å². The molecule has 124 valence electrons. The molecular weight excluding hydrogens is 290 g/mol. The molecule has 0 spiro atoms. The Labute approximate surface area is 130 Å². The fraction of sp³-hybridized carbons (Fsp3) is 0.625. The quantitative estimate of drug-likeness (QED) is 0.845. The van der Waals surface area contributed by atoms with Gasteiger partial charge < -0.3 is 20.1 Å².